The van der Waals surface area contributed by atoms with Crippen LogP contribution in [0.1, 0.15) is 37.3 Å². The molecule has 1 aromatic carbocycles. The van der Waals surface area contributed by atoms with Gasteiger partial charge >= 0.3 is 0 Å². The molecule has 88 valence electrons. The summed E-state index contributed by atoms with van der Waals surface area (Å²) < 4.78 is 19.1. The van der Waals surface area contributed by atoms with E-state index < -0.39 is 0 Å². The van der Waals surface area contributed by atoms with Gasteiger partial charge in [0.2, 0.25) is 0 Å². The average Bonchev–Trinajstić information content (AvgIpc) is 2.28. The molecule has 1 spiro atoms. The van der Waals surface area contributed by atoms with Crippen molar-refractivity contribution >= 4 is 0 Å². The number of azide groups is 1. The van der Waals surface area contributed by atoms with E-state index >= 15 is 0 Å². The van der Waals surface area contributed by atoms with Crippen molar-refractivity contribution < 1.29 is 9.13 Å². The van der Waals surface area contributed by atoms with Gasteiger partial charge in [-0.05, 0) is 49.4 Å². The van der Waals surface area contributed by atoms with Crippen LogP contribution in [-0.4, -0.2) is 5.60 Å². The standard InChI is InChI=1S/C12H12FN3O/c13-8-2-3-11-9(6-8)10(15-16-14)7-12(17-11)4-1-5-12/h2-3,6,10H,1,4-5,7H2/t10-/m0/s1. The molecule has 1 heterocycles. The first-order valence-corrected chi connectivity index (χ1v) is 5.75. The molecular weight excluding hydrogens is 221 g/mol. The summed E-state index contributed by atoms with van der Waals surface area (Å²) in [5.41, 5.74) is 9.09. The predicted octanol–water partition coefficient (Wildman–Crippen LogP) is 3.88. The van der Waals surface area contributed by atoms with Crippen molar-refractivity contribution in [2.45, 2.75) is 37.3 Å². The van der Waals surface area contributed by atoms with Gasteiger partial charge in [-0.3, -0.25) is 0 Å². The smallest absolute Gasteiger partial charge is 0.123 e. The van der Waals surface area contributed by atoms with E-state index in [0.29, 0.717) is 17.7 Å². The predicted molar refractivity (Wildman–Crippen MR) is 60.1 cm³/mol. The van der Waals surface area contributed by atoms with E-state index in [-0.39, 0.29) is 17.5 Å². The average molecular weight is 233 g/mol. The Morgan fingerprint density at radius 3 is 2.94 bits per heavy atom. The molecule has 0 unspecified atom stereocenters. The lowest BCUT2D eigenvalue weighted by Gasteiger charge is -2.47. The van der Waals surface area contributed by atoms with Crippen molar-refractivity contribution in [1.29, 1.82) is 0 Å². The molecular formula is C12H12FN3O. The molecule has 5 heteroatoms. The van der Waals surface area contributed by atoms with Gasteiger partial charge in [0.1, 0.15) is 17.2 Å². The maximum atomic E-state index is 13.2. The normalized spacial score (nSPS) is 24.2. The van der Waals surface area contributed by atoms with Crippen LogP contribution in [0, 0.1) is 5.82 Å². The molecule has 1 fully saturated rings. The van der Waals surface area contributed by atoms with E-state index in [4.69, 9.17) is 10.3 Å². The molecule has 3 rings (SSSR count). The zero-order chi connectivity index (χ0) is 11.9. The third-order valence-corrected chi connectivity index (χ3v) is 3.68. The second kappa shape index (κ2) is 3.64. The van der Waals surface area contributed by atoms with E-state index in [9.17, 15) is 4.39 Å². The zero-order valence-corrected chi connectivity index (χ0v) is 9.27. The zero-order valence-electron chi connectivity index (χ0n) is 9.27. The van der Waals surface area contributed by atoms with Gasteiger partial charge in [0.25, 0.3) is 0 Å². The molecule has 0 radical (unpaired) electrons. The van der Waals surface area contributed by atoms with Gasteiger partial charge in [-0.15, -0.1) is 0 Å². The highest BCUT2D eigenvalue weighted by molar-refractivity contribution is 5.40. The molecule has 0 amide bonds. The lowest BCUT2D eigenvalue weighted by molar-refractivity contribution is -0.0330. The van der Waals surface area contributed by atoms with Crippen LogP contribution >= 0.6 is 0 Å². The fourth-order valence-corrected chi connectivity index (χ4v) is 2.65. The van der Waals surface area contributed by atoms with E-state index in [0.717, 1.165) is 19.3 Å². The van der Waals surface area contributed by atoms with Gasteiger partial charge in [0.15, 0.2) is 0 Å². The van der Waals surface area contributed by atoms with Crippen LogP contribution in [0.25, 0.3) is 10.4 Å². The maximum absolute atomic E-state index is 13.2. The monoisotopic (exact) mass is 233 g/mol. The van der Waals surface area contributed by atoms with Crippen LogP contribution in [0.15, 0.2) is 23.3 Å². The first-order valence-electron chi connectivity index (χ1n) is 5.75. The summed E-state index contributed by atoms with van der Waals surface area (Å²) in [6, 6.07) is 4.10. The third-order valence-electron chi connectivity index (χ3n) is 3.68. The summed E-state index contributed by atoms with van der Waals surface area (Å²) >= 11 is 0. The first kappa shape index (κ1) is 10.4. The topological polar surface area (TPSA) is 58.0 Å². The molecule has 0 N–H and O–H groups in total. The number of benzene rings is 1. The fraction of sp³-hybridized carbons (Fsp3) is 0.500. The Balaban J connectivity index is 2.05. The number of nitrogens with zero attached hydrogens (tertiary/aromatic N) is 3. The number of ether oxygens (including phenoxy) is 1. The Morgan fingerprint density at radius 2 is 2.29 bits per heavy atom. The lowest BCUT2D eigenvalue weighted by atomic mass is 9.73. The molecule has 4 nitrogen and oxygen atoms in total. The SMILES string of the molecule is [N-]=[N+]=N[C@H]1CC2(CCC2)Oc2ccc(F)cc21. The number of halogens is 1. The summed E-state index contributed by atoms with van der Waals surface area (Å²) in [5.74, 6) is 0.338. The molecule has 2 aliphatic rings. The summed E-state index contributed by atoms with van der Waals surface area (Å²) in [4.78, 5) is 2.86. The van der Waals surface area contributed by atoms with Crippen molar-refractivity contribution in [2.24, 2.45) is 5.11 Å². The van der Waals surface area contributed by atoms with Crippen LogP contribution in [0.2, 0.25) is 0 Å². The Hall–Kier alpha value is -1.74. The highest BCUT2D eigenvalue weighted by atomic mass is 19.1. The van der Waals surface area contributed by atoms with Crippen molar-refractivity contribution in [3.05, 3.63) is 40.0 Å². The van der Waals surface area contributed by atoms with Gasteiger partial charge in [0, 0.05) is 10.5 Å². The Labute approximate surface area is 98.0 Å². The summed E-state index contributed by atoms with van der Waals surface area (Å²) in [6.07, 6.45) is 3.77. The molecule has 0 bridgehead atoms. The molecule has 1 saturated carbocycles. The minimum Gasteiger partial charge on any atom is -0.487 e. The Bertz CT molecular complexity index is 506. The van der Waals surface area contributed by atoms with Gasteiger partial charge in [-0.2, -0.15) is 0 Å². The second-order valence-corrected chi connectivity index (χ2v) is 4.75. The number of rotatable bonds is 1. The number of fused-ring (bicyclic) bond motifs is 1. The minimum absolute atomic E-state index is 0.177. The first-order chi connectivity index (χ1) is 8.22. The summed E-state index contributed by atoms with van der Waals surface area (Å²) in [5, 5.41) is 3.78. The number of hydrogen-bond acceptors (Lipinski definition) is 2. The van der Waals surface area contributed by atoms with E-state index in [1.54, 1.807) is 6.07 Å². The lowest BCUT2D eigenvalue weighted by Crippen LogP contribution is -2.46. The fourth-order valence-electron chi connectivity index (χ4n) is 2.65. The van der Waals surface area contributed by atoms with Gasteiger partial charge in [0.05, 0.1) is 6.04 Å². The van der Waals surface area contributed by atoms with Gasteiger partial charge in [-0.25, -0.2) is 4.39 Å². The van der Waals surface area contributed by atoms with Gasteiger partial charge < -0.3 is 4.74 Å². The largest absolute Gasteiger partial charge is 0.487 e. The molecule has 1 aromatic rings. The van der Waals surface area contributed by atoms with Crippen LogP contribution in [0.5, 0.6) is 5.75 Å². The third kappa shape index (κ3) is 1.63. The van der Waals surface area contributed by atoms with Crippen molar-refractivity contribution in [3.63, 3.8) is 0 Å². The van der Waals surface area contributed by atoms with Crippen LogP contribution < -0.4 is 4.74 Å². The maximum Gasteiger partial charge on any atom is 0.123 e. The molecule has 1 atom stereocenters. The van der Waals surface area contributed by atoms with Crippen molar-refractivity contribution in [1.82, 2.24) is 0 Å². The summed E-state index contributed by atoms with van der Waals surface area (Å²) in [6.45, 7) is 0. The Kier molecular flexibility index (Phi) is 2.23. The molecule has 1 aliphatic carbocycles. The molecule has 1 aliphatic heterocycles. The Morgan fingerprint density at radius 1 is 1.47 bits per heavy atom. The van der Waals surface area contributed by atoms with E-state index in [2.05, 4.69) is 10.0 Å². The van der Waals surface area contributed by atoms with Crippen LogP contribution in [0.3, 0.4) is 0 Å². The molecule has 17 heavy (non-hydrogen) atoms. The quantitative estimate of drug-likeness (QED) is 0.412. The minimum atomic E-state index is -0.324. The van der Waals surface area contributed by atoms with E-state index in [1.165, 1.54) is 12.1 Å². The van der Waals surface area contributed by atoms with Gasteiger partial charge in [-0.1, -0.05) is 5.11 Å². The number of hydrogen-bond donors (Lipinski definition) is 0. The highest BCUT2D eigenvalue weighted by Gasteiger charge is 2.45. The van der Waals surface area contributed by atoms with Crippen molar-refractivity contribution in [3.8, 4) is 5.75 Å². The molecule has 0 saturated heterocycles. The van der Waals surface area contributed by atoms with Crippen LogP contribution in [-0.2, 0) is 0 Å². The van der Waals surface area contributed by atoms with E-state index in [1.807, 2.05) is 0 Å². The second-order valence-electron chi connectivity index (χ2n) is 4.75. The molecule has 0 aromatic heterocycles. The highest BCUT2D eigenvalue weighted by Crippen LogP contribution is 2.50. The summed E-state index contributed by atoms with van der Waals surface area (Å²) in [7, 11) is 0. The van der Waals surface area contributed by atoms with Crippen LogP contribution in [0.4, 0.5) is 4.39 Å². The van der Waals surface area contributed by atoms with Crippen molar-refractivity contribution in [2.75, 3.05) is 0 Å².